The largest absolute Gasteiger partial charge is 0.208 e. The summed E-state index contributed by atoms with van der Waals surface area (Å²) in [6, 6.07) is 44.1. The Morgan fingerprint density at radius 2 is 1.17 bits per heavy atom. The van der Waals surface area contributed by atoms with Gasteiger partial charge >= 0.3 is 0 Å². The molecule has 52 heavy (non-hydrogen) atoms. The van der Waals surface area contributed by atoms with Crippen LogP contribution in [-0.4, -0.2) is 15.0 Å². The molecule has 0 aliphatic heterocycles. The number of hydrogen-bond donors (Lipinski definition) is 0. The van der Waals surface area contributed by atoms with Gasteiger partial charge < -0.3 is 0 Å². The van der Waals surface area contributed by atoms with E-state index in [2.05, 4.69) is 165 Å². The normalized spacial score (nSPS) is 16.3. The molecule has 3 nitrogen and oxygen atoms in total. The van der Waals surface area contributed by atoms with Crippen LogP contribution in [0.2, 0.25) is 0 Å². The molecule has 4 heteroatoms. The summed E-state index contributed by atoms with van der Waals surface area (Å²) < 4.78 is 2.56. The summed E-state index contributed by atoms with van der Waals surface area (Å²) >= 11 is 1.85. The molecule has 9 aromatic rings. The van der Waals surface area contributed by atoms with Crippen molar-refractivity contribution in [3.63, 3.8) is 0 Å². The van der Waals surface area contributed by atoms with E-state index in [0.29, 0.717) is 29.3 Å². The second-order valence-corrected chi connectivity index (χ2v) is 15.1. The van der Waals surface area contributed by atoms with Gasteiger partial charge in [0, 0.05) is 48.7 Å². The fraction of sp³-hybridized carbons (Fsp3) is 0.0625. The molecule has 2 atom stereocenters. The first-order chi connectivity index (χ1) is 25.6. The molecule has 2 aliphatic carbocycles. The monoisotopic (exact) mass is 681 g/mol. The van der Waals surface area contributed by atoms with Crippen LogP contribution < -0.4 is 0 Å². The number of hydrogen-bond acceptors (Lipinski definition) is 4. The predicted octanol–water partition coefficient (Wildman–Crippen LogP) is 12.9. The summed E-state index contributed by atoms with van der Waals surface area (Å²) in [5.41, 5.74) is 6.68. The number of thiophene rings is 1. The van der Waals surface area contributed by atoms with Gasteiger partial charge in [0.25, 0.3) is 0 Å². The van der Waals surface area contributed by atoms with Gasteiger partial charge in [0.1, 0.15) is 0 Å². The molecule has 2 aromatic heterocycles. The van der Waals surface area contributed by atoms with Crippen LogP contribution in [0.5, 0.6) is 0 Å². The maximum absolute atomic E-state index is 5.25. The standard InChI is InChI=1S/C48H31N3S/c1-28-22-44-43(42-25-31-10-2-3-11-32(31)26-45(42)52-44)27-41(28)48-50-46(35-18-20-39-33(23-35)16-14-29-8-4-6-12-37(29)39)49-47(51-48)36-19-21-40-34(24-36)17-15-30-9-5-7-13-38(30)40/h2-27,29,37H,1H3. The Morgan fingerprint density at radius 3 is 2.06 bits per heavy atom. The number of rotatable bonds is 3. The molecule has 0 N–H and O–H groups in total. The van der Waals surface area contributed by atoms with Crippen LogP contribution in [0, 0.1) is 12.8 Å². The Bertz CT molecular complexity index is 3050. The van der Waals surface area contributed by atoms with Crippen molar-refractivity contribution in [3.05, 3.63) is 168 Å². The molecule has 2 aliphatic rings. The van der Waals surface area contributed by atoms with Crippen molar-refractivity contribution < 1.29 is 0 Å². The third-order valence-corrected chi connectivity index (χ3v) is 12.1. The maximum Gasteiger partial charge on any atom is 0.164 e. The van der Waals surface area contributed by atoms with E-state index in [-0.39, 0.29) is 0 Å². The fourth-order valence-electron chi connectivity index (χ4n) is 8.25. The topological polar surface area (TPSA) is 38.7 Å². The molecule has 0 spiro atoms. The lowest BCUT2D eigenvalue weighted by molar-refractivity contribution is 0.692. The van der Waals surface area contributed by atoms with Crippen molar-refractivity contribution in [1.82, 2.24) is 15.0 Å². The van der Waals surface area contributed by atoms with E-state index in [4.69, 9.17) is 15.0 Å². The van der Waals surface area contributed by atoms with Crippen molar-refractivity contribution in [2.75, 3.05) is 0 Å². The van der Waals surface area contributed by atoms with E-state index in [0.717, 1.165) is 27.6 Å². The van der Waals surface area contributed by atoms with Crippen molar-refractivity contribution >= 4 is 69.9 Å². The second-order valence-electron chi connectivity index (χ2n) is 14.1. The Morgan fingerprint density at radius 1 is 0.500 bits per heavy atom. The average molecular weight is 682 g/mol. The highest BCUT2D eigenvalue weighted by Crippen LogP contribution is 2.42. The van der Waals surface area contributed by atoms with E-state index >= 15 is 0 Å². The van der Waals surface area contributed by atoms with E-state index in [1.54, 1.807) is 0 Å². The molecule has 0 radical (unpaired) electrons. The predicted molar refractivity (Wildman–Crippen MR) is 220 cm³/mol. The Labute approximate surface area is 305 Å². The van der Waals surface area contributed by atoms with Gasteiger partial charge in [-0.25, -0.2) is 15.0 Å². The number of aryl methyl sites for hydroxylation is 1. The van der Waals surface area contributed by atoms with E-state index in [1.807, 2.05) is 11.3 Å². The summed E-state index contributed by atoms with van der Waals surface area (Å²) in [6.07, 6.45) is 13.5. The van der Waals surface area contributed by atoms with Gasteiger partial charge in [0.2, 0.25) is 0 Å². The Balaban J connectivity index is 1.11. The first-order valence-electron chi connectivity index (χ1n) is 17.8. The minimum absolute atomic E-state index is 0.351. The van der Waals surface area contributed by atoms with Crippen molar-refractivity contribution in [3.8, 4) is 34.2 Å². The van der Waals surface area contributed by atoms with Crippen LogP contribution in [0.1, 0.15) is 22.6 Å². The minimum Gasteiger partial charge on any atom is -0.208 e. The van der Waals surface area contributed by atoms with E-state index < -0.39 is 0 Å². The van der Waals surface area contributed by atoms with E-state index in [9.17, 15) is 0 Å². The van der Waals surface area contributed by atoms with Gasteiger partial charge in [-0.1, -0.05) is 121 Å². The molecular weight excluding hydrogens is 651 g/mol. The lowest BCUT2D eigenvalue weighted by Gasteiger charge is -2.27. The van der Waals surface area contributed by atoms with Crippen molar-refractivity contribution in [1.29, 1.82) is 0 Å². The third kappa shape index (κ3) is 4.68. The summed E-state index contributed by atoms with van der Waals surface area (Å²) in [4.78, 5) is 15.7. The maximum atomic E-state index is 5.25. The summed E-state index contributed by atoms with van der Waals surface area (Å²) in [6.45, 7) is 2.17. The summed E-state index contributed by atoms with van der Waals surface area (Å²) in [7, 11) is 0. The molecule has 11 rings (SSSR count). The lowest BCUT2D eigenvalue weighted by atomic mass is 9.77. The number of aromatic nitrogens is 3. The molecule has 0 saturated carbocycles. The zero-order valence-corrected chi connectivity index (χ0v) is 29.2. The third-order valence-electron chi connectivity index (χ3n) is 10.9. The van der Waals surface area contributed by atoms with Crippen LogP contribution in [-0.2, 0) is 0 Å². The fourth-order valence-corrected chi connectivity index (χ4v) is 9.47. The summed E-state index contributed by atoms with van der Waals surface area (Å²) in [5, 5.41) is 9.88. The lowest BCUT2D eigenvalue weighted by Crippen LogP contribution is -2.13. The van der Waals surface area contributed by atoms with Gasteiger partial charge in [-0.2, -0.15) is 0 Å². The zero-order chi connectivity index (χ0) is 34.3. The average Bonchev–Trinajstić information content (AvgIpc) is 3.54. The van der Waals surface area contributed by atoms with E-state index in [1.165, 1.54) is 58.2 Å². The highest BCUT2D eigenvalue weighted by molar-refractivity contribution is 7.25. The molecule has 0 saturated heterocycles. The number of allylic oxidation sites excluding steroid dienone is 5. The van der Waals surface area contributed by atoms with Crippen LogP contribution in [0.25, 0.3) is 92.7 Å². The highest BCUT2D eigenvalue weighted by Gasteiger charge is 2.25. The molecule has 0 amide bonds. The second kappa shape index (κ2) is 11.4. The molecule has 7 aromatic carbocycles. The van der Waals surface area contributed by atoms with Crippen molar-refractivity contribution in [2.24, 2.45) is 5.92 Å². The van der Waals surface area contributed by atoms with Gasteiger partial charge in [-0.3, -0.25) is 0 Å². The van der Waals surface area contributed by atoms with Gasteiger partial charge in [0.05, 0.1) is 0 Å². The van der Waals surface area contributed by atoms with Crippen molar-refractivity contribution in [2.45, 2.75) is 12.8 Å². The van der Waals surface area contributed by atoms with Crippen LogP contribution in [0.3, 0.4) is 0 Å². The molecule has 244 valence electrons. The highest BCUT2D eigenvalue weighted by atomic mass is 32.1. The number of fused-ring (bicyclic) bond motifs is 10. The molecule has 0 fully saturated rings. The molecular formula is C48H31N3S. The van der Waals surface area contributed by atoms with Crippen LogP contribution >= 0.6 is 11.3 Å². The van der Waals surface area contributed by atoms with Gasteiger partial charge in [-0.15, -0.1) is 11.3 Å². The molecule has 2 unspecified atom stereocenters. The smallest absolute Gasteiger partial charge is 0.164 e. The van der Waals surface area contributed by atoms with Gasteiger partial charge in [-0.05, 0) is 92.3 Å². The van der Waals surface area contributed by atoms with Crippen LogP contribution in [0.4, 0.5) is 0 Å². The Kier molecular flexibility index (Phi) is 6.46. The van der Waals surface area contributed by atoms with Crippen LogP contribution in [0.15, 0.2) is 152 Å². The SMILES string of the molecule is Cc1cc2sc3cc4ccccc4cc3c2cc1-c1nc(-c2ccc3c(c2)C=CC2C=CC=CC32)nc(-c2ccc3c(ccc4ccccc43)c2)n1. The first kappa shape index (κ1) is 29.5. The number of benzene rings is 7. The molecule has 2 heterocycles. The quantitative estimate of drug-likeness (QED) is 0.174. The number of nitrogens with zero attached hydrogens (tertiary/aromatic N) is 3. The zero-order valence-electron chi connectivity index (χ0n) is 28.4. The Hall–Kier alpha value is -6.23. The first-order valence-corrected chi connectivity index (χ1v) is 18.7. The van der Waals surface area contributed by atoms with Gasteiger partial charge in [0.15, 0.2) is 17.5 Å². The summed E-state index contributed by atoms with van der Waals surface area (Å²) in [5.74, 6) is 2.78. The minimum atomic E-state index is 0.351. The molecule has 0 bridgehead atoms.